The van der Waals surface area contributed by atoms with Gasteiger partial charge in [0.15, 0.2) is 0 Å². The van der Waals surface area contributed by atoms with Gasteiger partial charge in [-0.3, -0.25) is 0 Å². The molecular formula is C5H12BO. The van der Waals surface area contributed by atoms with E-state index in [1.165, 1.54) is 0 Å². The fraction of sp³-hybridized carbons (Fsp3) is 1.00. The fourth-order valence-electron chi connectivity index (χ4n) is 0.346. The molecule has 0 saturated heterocycles. The third kappa shape index (κ3) is 6.02. The second-order valence-electron chi connectivity index (χ2n) is 1.48. The Balaban J connectivity index is 2.45. The lowest BCUT2D eigenvalue weighted by Crippen LogP contribution is -1.99. The van der Waals surface area contributed by atoms with Crippen LogP contribution in [-0.2, 0) is 4.74 Å². The van der Waals surface area contributed by atoms with Crippen LogP contribution in [-0.4, -0.2) is 20.4 Å². The molecule has 0 aliphatic carbocycles. The second kappa shape index (κ2) is 6.02. The van der Waals surface area contributed by atoms with E-state index in [1.54, 1.807) is 0 Å². The molecule has 0 aromatic rings. The Hall–Kier alpha value is 0.0249. The van der Waals surface area contributed by atoms with Crippen molar-refractivity contribution >= 4 is 7.28 Å². The molecule has 0 unspecified atom stereocenters. The average molecular weight is 99.0 g/mol. The molecule has 0 bridgehead atoms. The molecule has 0 aliphatic rings. The van der Waals surface area contributed by atoms with Gasteiger partial charge in [-0.25, -0.2) is 0 Å². The highest BCUT2D eigenvalue weighted by Gasteiger charge is 1.79. The van der Waals surface area contributed by atoms with Crippen molar-refractivity contribution in [3.8, 4) is 0 Å². The van der Waals surface area contributed by atoms with Gasteiger partial charge < -0.3 is 4.74 Å². The zero-order chi connectivity index (χ0) is 5.54. The van der Waals surface area contributed by atoms with Crippen molar-refractivity contribution in [1.82, 2.24) is 0 Å². The maximum atomic E-state index is 5.08. The van der Waals surface area contributed by atoms with Gasteiger partial charge >= 0.3 is 0 Å². The van der Waals surface area contributed by atoms with Crippen LogP contribution in [0.5, 0.6) is 0 Å². The smallest absolute Gasteiger partial charge is 0.141 e. The molecule has 41 valence electrons. The molecule has 0 aromatic carbocycles. The second-order valence-corrected chi connectivity index (χ2v) is 1.48. The first-order chi connectivity index (χ1) is 3.41. The normalized spacial score (nSPS) is 8.86. The first-order valence-electron chi connectivity index (χ1n) is 2.77. The van der Waals surface area contributed by atoms with E-state index in [0.717, 1.165) is 19.5 Å². The monoisotopic (exact) mass is 99.1 g/mol. The Morgan fingerprint density at radius 1 is 1.57 bits per heavy atom. The van der Waals surface area contributed by atoms with Crippen LogP contribution < -0.4 is 0 Å². The number of ether oxygens (including phenoxy) is 1. The van der Waals surface area contributed by atoms with E-state index < -0.39 is 0 Å². The molecule has 0 saturated carbocycles. The number of hydrogen-bond acceptors (Lipinski definition) is 1. The Labute approximate surface area is 46.3 Å². The minimum atomic E-state index is 0.799. The molecule has 1 nitrogen and oxygen atoms in total. The molecule has 1 radical (unpaired) electrons. The summed E-state index contributed by atoms with van der Waals surface area (Å²) < 4.78 is 5.08. The van der Waals surface area contributed by atoms with Crippen LogP contribution in [0.3, 0.4) is 0 Å². The van der Waals surface area contributed by atoms with E-state index in [-0.39, 0.29) is 0 Å². The zero-order valence-electron chi connectivity index (χ0n) is 5.11. The van der Waals surface area contributed by atoms with E-state index in [1.807, 2.05) is 14.1 Å². The van der Waals surface area contributed by atoms with Crippen LogP contribution >= 0.6 is 0 Å². The predicted octanol–water partition coefficient (Wildman–Crippen LogP) is 1.12. The first kappa shape index (κ1) is 7.02. The highest BCUT2D eigenvalue weighted by molar-refractivity contribution is 6.33. The Morgan fingerprint density at radius 2 is 2.29 bits per heavy atom. The van der Waals surface area contributed by atoms with Crippen molar-refractivity contribution in [3.05, 3.63) is 0 Å². The highest BCUT2D eigenvalue weighted by Crippen LogP contribution is 1.76. The molecule has 0 aromatic heterocycles. The van der Waals surface area contributed by atoms with Gasteiger partial charge in [0.1, 0.15) is 7.28 Å². The molecule has 0 amide bonds. The van der Waals surface area contributed by atoms with Crippen LogP contribution in [0.1, 0.15) is 13.3 Å². The minimum Gasteiger partial charge on any atom is -0.390 e. The quantitative estimate of drug-likeness (QED) is 0.379. The molecule has 7 heavy (non-hydrogen) atoms. The molecule has 2 heteroatoms. The summed E-state index contributed by atoms with van der Waals surface area (Å²) in [5.41, 5.74) is 0. The van der Waals surface area contributed by atoms with Crippen molar-refractivity contribution in [2.45, 2.75) is 20.2 Å². The molecule has 0 atom stereocenters. The van der Waals surface area contributed by atoms with E-state index in [2.05, 4.69) is 6.92 Å². The van der Waals surface area contributed by atoms with E-state index in [0.29, 0.717) is 0 Å². The Bertz CT molecular complexity index is 27.3. The lowest BCUT2D eigenvalue weighted by atomic mass is 9.85. The SMILES string of the molecule is C[B]COCCC. The lowest BCUT2D eigenvalue weighted by Gasteiger charge is -1.94. The summed E-state index contributed by atoms with van der Waals surface area (Å²) in [5.74, 6) is 0. The van der Waals surface area contributed by atoms with Crippen LogP contribution in [0.25, 0.3) is 0 Å². The summed E-state index contributed by atoms with van der Waals surface area (Å²) in [6, 6.07) is 0. The third-order valence-corrected chi connectivity index (χ3v) is 0.633. The molecular weight excluding hydrogens is 86.9 g/mol. The van der Waals surface area contributed by atoms with Gasteiger partial charge in [0.25, 0.3) is 0 Å². The van der Waals surface area contributed by atoms with Gasteiger partial charge in [0.05, 0.1) is 0 Å². The first-order valence-corrected chi connectivity index (χ1v) is 2.77. The van der Waals surface area contributed by atoms with Gasteiger partial charge in [0, 0.05) is 13.1 Å². The molecule has 0 rings (SSSR count). The predicted molar refractivity (Wildman–Crippen MR) is 32.7 cm³/mol. The van der Waals surface area contributed by atoms with Crippen molar-refractivity contribution in [2.24, 2.45) is 0 Å². The van der Waals surface area contributed by atoms with Crippen molar-refractivity contribution in [2.75, 3.05) is 13.1 Å². The van der Waals surface area contributed by atoms with Crippen molar-refractivity contribution in [1.29, 1.82) is 0 Å². The summed E-state index contributed by atoms with van der Waals surface area (Å²) in [6.45, 7) is 5.80. The van der Waals surface area contributed by atoms with Crippen molar-refractivity contribution < 1.29 is 4.74 Å². The van der Waals surface area contributed by atoms with Crippen LogP contribution in [0, 0.1) is 0 Å². The standard InChI is InChI=1S/C5H12BO/c1-3-4-7-5-6-2/h3-5H2,1-2H3. The summed E-state index contributed by atoms with van der Waals surface area (Å²) in [5, 5.41) is 0. The van der Waals surface area contributed by atoms with Crippen molar-refractivity contribution in [3.63, 3.8) is 0 Å². The third-order valence-electron chi connectivity index (χ3n) is 0.633. The molecule has 0 heterocycles. The zero-order valence-corrected chi connectivity index (χ0v) is 5.11. The summed E-state index contributed by atoms with van der Waals surface area (Å²) in [7, 11) is 2.01. The molecule has 0 N–H and O–H groups in total. The van der Waals surface area contributed by atoms with Gasteiger partial charge in [0.2, 0.25) is 0 Å². The van der Waals surface area contributed by atoms with E-state index in [9.17, 15) is 0 Å². The molecule has 0 fully saturated rings. The van der Waals surface area contributed by atoms with Crippen LogP contribution in [0.4, 0.5) is 0 Å². The van der Waals surface area contributed by atoms with E-state index in [4.69, 9.17) is 4.74 Å². The van der Waals surface area contributed by atoms with Gasteiger partial charge in [-0.2, -0.15) is 0 Å². The van der Waals surface area contributed by atoms with Crippen LogP contribution in [0.2, 0.25) is 6.82 Å². The maximum Gasteiger partial charge on any atom is 0.141 e. The molecule has 0 spiro atoms. The Kier molecular flexibility index (Phi) is 6.05. The van der Waals surface area contributed by atoms with Gasteiger partial charge in [-0.05, 0) is 6.42 Å². The minimum absolute atomic E-state index is 0.799. The Morgan fingerprint density at radius 3 is 2.71 bits per heavy atom. The lowest BCUT2D eigenvalue weighted by molar-refractivity contribution is 0.178. The number of hydrogen-bond donors (Lipinski definition) is 0. The summed E-state index contributed by atoms with van der Waals surface area (Å²) >= 11 is 0. The maximum absolute atomic E-state index is 5.08. The van der Waals surface area contributed by atoms with Crippen LogP contribution in [0.15, 0.2) is 0 Å². The summed E-state index contributed by atoms with van der Waals surface area (Å²) in [6.07, 6.45) is 1.12. The van der Waals surface area contributed by atoms with E-state index >= 15 is 0 Å². The topological polar surface area (TPSA) is 9.23 Å². The highest BCUT2D eigenvalue weighted by atomic mass is 16.5. The number of rotatable bonds is 4. The van der Waals surface area contributed by atoms with Gasteiger partial charge in [-0.1, -0.05) is 13.7 Å². The molecule has 0 aliphatic heterocycles. The average Bonchev–Trinajstić information content (AvgIpc) is 1.69. The largest absolute Gasteiger partial charge is 0.390 e. The summed E-state index contributed by atoms with van der Waals surface area (Å²) in [4.78, 5) is 0. The van der Waals surface area contributed by atoms with Gasteiger partial charge in [-0.15, -0.1) is 0 Å². The fourth-order valence-corrected chi connectivity index (χ4v) is 0.346.